The summed E-state index contributed by atoms with van der Waals surface area (Å²) in [5.74, 6) is 3.20. The highest BCUT2D eigenvalue weighted by atomic mass is 32.1. The molecule has 1 atom stereocenters. The molecule has 2 aromatic rings. The van der Waals surface area contributed by atoms with E-state index in [9.17, 15) is 0 Å². The first-order chi connectivity index (χ1) is 9.70. The lowest BCUT2D eigenvalue weighted by Crippen LogP contribution is -2.35. The highest BCUT2D eigenvalue weighted by Crippen LogP contribution is 2.30. The maximum atomic E-state index is 5.87. The Balaban J connectivity index is 1.64. The van der Waals surface area contributed by atoms with Gasteiger partial charge < -0.3 is 19.8 Å². The topological polar surface area (TPSA) is 59.2 Å². The molecule has 1 aliphatic rings. The van der Waals surface area contributed by atoms with Crippen LogP contribution in [-0.2, 0) is 0 Å². The van der Waals surface area contributed by atoms with Crippen molar-refractivity contribution in [3.8, 4) is 11.5 Å². The van der Waals surface area contributed by atoms with E-state index in [1.807, 2.05) is 31.2 Å². The van der Waals surface area contributed by atoms with E-state index in [0.29, 0.717) is 17.8 Å². The molecule has 0 fully saturated rings. The van der Waals surface area contributed by atoms with Crippen LogP contribution < -0.4 is 14.8 Å². The predicted octanol–water partition coefficient (Wildman–Crippen LogP) is 2.70. The molecule has 0 radical (unpaired) electrons. The maximum absolute atomic E-state index is 5.87. The molecular weight excluding hydrogens is 274 g/mol. The second-order valence-corrected chi connectivity index (χ2v) is 5.02. The van der Waals surface area contributed by atoms with Crippen molar-refractivity contribution in [1.29, 1.82) is 0 Å². The number of para-hydroxylation sites is 2. The van der Waals surface area contributed by atoms with Gasteiger partial charge in [-0.1, -0.05) is 24.4 Å². The molecule has 1 aromatic carbocycles. The van der Waals surface area contributed by atoms with Gasteiger partial charge in [-0.2, -0.15) is 0 Å². The van der Waals surface area contributed by atoms with Crippen molar-refractivity contribution in [3.63, 3.8) is 0 Å². The van der Waals surface area contributed by atoms with Crippen molar-refractivity contribution in [2.45, 2.75) is 13.0 Å². The number of aromatic amines is 1. The zero-order chi connectivity index (χ0) is 13.9. The molecule has 0 bridgehead atoms. The summed E-state index contributed by atoms with van der Waals surface area (Å²) in [6.45, 7) is 3.02. The van der Waals surface area contributed by atoms with E-state index < -0.39 is 0 Å². The SMILES string of the molecule is Cc1nc(=S)cc(NCC2COc3ccccc3O2)[nH]1. The number of nitrogens with zero attached hydrogens (tertiary/aromatic N) is 1. The Morgan fingerprint density at radius 3 is 3.00 bits per heavy atom. The van der Waals surface area contributed by atoms with Crippen LogP contribution >= 0.6 is 12.2 Å². The minimum absolute atomic E-state index is 0.0413. The number of hydrogen-bond donors (Lipinski definition) is 2. The van der Waals surface area contributed by atoms with Crippen LogP contribution in [0.25, 0.3) is 0 Å². The van der Waals surface area contributed by atoms with Gasteiger partial charge in [-0.05, 0) is 19.1 Å². The molecule has 2 N–H and O–H groups in total. The fourth-order valence-electron chi connectivity index (χ4n) is 2.06. The molecule has 3 rings (SSSR count). The third-order valence-electron chi connectivity index (χ3n) is 2.95. The lowest BCUT2D eigenvalue weighted by atomic mass is 10.2. The van der Waals surface area contributed by atoms with Crippen LogP contribution in [0.3, 0.4) is 0 Å². The highest BCUT2D eigenvalue weighted by Gasteiger charge is 2.20. The van der Waals surface area contributed by atoms with Gasteiger partial charge in [0.2, 0.25) is 0 Å². The van der Waals surface area contributed by atoms with E-state index in [1.165, 1.54) is 0 Å². The molecule has 0 amide bonds. The highest BCUT2D eigenvalue weighted by molar-refractivity contribution is 7.71. The molecule has 20 heavy (non-hydrogen) atoms. The van der Waals surface area contributed by atoms with Crippen LogP contribution in [0.4, 0.5) is 5.82 Å². The molecule has 5 nitrogen and oxygen atoms in total. The van der Waals surface area contributed by atoms with Crippen molar-refractivity contribution >= 4 is 18.0 Å². The molecule has 1 aliphatic heterocycles. The van der Waals surface area contributed by atoms with E-state index in [2.05, 4.69) is 15.3 Å². The number of aryl methyl sites for hydroxylation is 1. The zero-order valence-corrected chi connectivity index (χ0v) is 11.9. The Morgan fingerprint density at radius 2 is 2.20 bits per heavy atom. The first kappa shape index (κ1) is 12.9. The van der Waals surface area contributed by atoms with Crippen molar-refractivity contribution in [1.82, 2.24) is 9.97 Å². The van der Waals surface area contributed by atoms with Crippen LogP contribution in [0.15, 0.2) is 30.3 Å². The van der Waals surface area contributed by atoms with Gasteiger partial charge in [0.1, 0.15) is 29.0 Å². The molecule has 0 saturated heterocycles. The number of aromatic nitrogens is 2. The number of ether oxygens (including phenoxy) is 2. The average molecular weight is 289 g/mol. The van der Waals surface area contributed by atoms with Crippen LogP contribution in [0.1, 0.15) is 5.82 Å². The molecular formula is C14H15N3O2S. The summed E-state index contributed by atoms with van der Waals surface area (Å²) in [5.41, 5.74) is 0. The van der Waals surface area contributed by atoms with Crippen LogP contribution in [0.5, 0.6) is 11.5 Å². The Hall–Kier alpha value is -2.08. The van der Waals surface area contributed by atoms with Crippen molar-refractivity contribution < 1.29 is 9.47 Å². The molecule has 104 valence electrons. The molecule has 6 heteroatoms. The number of fused-ring (bicyclic) bond motifs is 1. The first-order valence-electron chi connectivity index (χ1n) is 6.41. The lowest BCUT2D eigenvalue weighted by molar-refractivity contribution is 0.0997. The van der Waals surface area contributed by atoms with Gasteiger partial charge in [0, 0.05) is 6.07 Å². The minimum atomic E-state index is -0.0413. The molecule has 1 unspecified atom stereocenters. The number of anilines is 1. The third kappa shape index (κ3) is 2.91. The standard InChI is InChI=1S/C14H15N3O2S/c1-9-16-13(6-14(20)17-9)15-7-10-8-18-11-4-2-3-5-12(11)19-10/h2-6,10H,7-8H2,1H3,(H2,15,16,17,20). The third-order valence-corrected chi connectivity index (χ3v) is 3.16. The molecule has 0 saturated carbocycles. The molecule has 1 aromatic heterocycles. The van der Waals surface area contributed by atoms with Crippen molar-refractivity contribution in [2.24, 2.45) is 0 Å². The predicted molar refractivity (Wildman–Crippen MR) is 79.0 cm³/mol. The molecule has 2 heterocycles. The average Bonchev–Trinajstić information content (AvgIpc) is 2.44. The summed E-state index contributed by atoms with van der Waals surface area (Å²) >= 11 is 5.08. The summed E-state index contributed by atoms with van der Waals surface area (Å²) in [6.07, 6.45) is -0.0413. The maximum Gasteiger partial charge on any atom is 0.161 e. The number of hydrogen-bond acceptors (Lipinski definition) is 5. The normalized spacial score (nSPS) is 16.8. The number of benzene rings is 1. The first-order valence-corrected chi connectivity index (χ1v) is 6.82. The lowest BCUT2D eigenvalue weighted by Gasteiger charge is -2.26. The summed E-state index contributed by atoms with van der Waals surface area (Å²) in [6, 6.07) is 9.47. The van der Waals surface area contributed by atoms with E-state index in [1.54, 1.807) is 6.07 Å². The smallest absolute Gasteiger partial charge is 0.161 e. The second-order valence-electron chi connectivity index (χ2n) is 4.60. The van der Waals surface area contributed by atoms with Gasteiger partial charge >= 0.3 is 0 Å². The van der Waals surface area contributed by atoms with Crippen molar-refractivity contribution in [2.75, 3.05) is 18.5 Å². The molecule has 0 aliphatic carbocycles. The van der Waals surface area contributed by atoms with E-state index in [-0.39, 0.29) is 6.10 Å². The summed E-state index contributed by atoms with van der Waals surface area (Å²) in [7, 11) is 0. The fourth-order valence-corrected chi connectivity index (χ4v) is 2.32. The van der Waals surface area contributed by atoms with Gasteiger partial charge in [-0.3, -0.25) is 0 Å². The summed E-state index contributed by atoms with van der Waals surface area (Å²) < 4.78 is 12.1. The summed E-state index contributed by atoms with van der Waals surface area (Å²) in [4.78, 5) is 7.24. The monoisotopic (exact) mass is 289 g/mol. The van der Waals surface area contributed by atoms with E-state index in [4.69, 9.17) is 21.7 Å². The number of H-pyrrole nitrogens is 1. The Labute approximate surface area is 122 Å². The number of rotatable bonds is 3. The summed E-state index contributed by atoms with van der Waals surface area (Å²) in [5, 5.41) is 3.26. The number of nitrogens with one attached hydrogen (secondary N) is 2. The molecule has 0 spiro atoms. The van der Waals surface area contributed by atoms with E-state index in [0.717, 1.165) is 23.1 Å². The van der Waals surface area contributed by atoms with Gasteiger partial charge in [-0.15, -0.1) is 0 Å². The Kier molecular flexibility index (Phi) is 3.56. The fraction of sp³-hybridized carbons (Fsp3) is 0.286. The van der Waals surface area contributed by atoms with Gasteiger partial charge in [0.05, 0.1) is 6.54 Å². The second kappa shape index (κ2) is 5.50. The van der Waals surface area contributed by atoms with Crippen LogP contribution in [0, 0.1) is 11.6 Å². The van der Waals surface area contributed by atoms with Gasteiger partial charge in [0.15, 0.2) is 11.5 Å². The van der Waals surface area contributed by atoms with Crippen LogP contribution in [0.2, 0.25) is 0 Å². The van der Waals surface area contributed by atoms with Gasteiger partial charge in [0.25, 0.3) is 0 Å². The minimum Gasteiger partial charge on any atom is -0.486 e. The van der Waals surface area contributed by atoms with E-state index >= 15 is 0 Å². The Morgan fingerprint density at radius 1 is 1.40 bits per heavy atom. The quantitative estimate of drug-likeness (QED) is 0.851. The zero-order valence-electron chi connectivity index (χ0n) is 11.1. The largest absolute Gasteiger partial charge is 0.486 e. The van der Waals surface area contributed by atoms with Crippen LogP contribution in [-0.4, -0.2) is 29.2 Å². The van der Waals surface area contributed by atoms with Gasteiger partial charge in [-0.25, -0.2) is 4.98 Å². The van der Waals surface area contributed by atoms with Crippen molar-refractivity contribution in [3.05, 3.63) is 40.8 Å². The Bertz CT molecular complexity index is 671.